The highest BCUT2D eigenvalue weighted by molar-refractivity contribution is 9.10. The largest absolute Gasteiger partial charge is 0.492 e. The first-order valence-corrected chi connectivity index (χ1v) is 10.2. The van der Waals surface area contributed by atoms with Crippen molar-refractivity contribution in [1.29, 1.82) is 0 Å². The Kier molecular flexibility index (Phi) is 5.40. The molecule has 28 heavy (non-hydrogen) atoms. The van der Waals surface area contributed by atoms with Crippen LogP contribution in [0.3, 0.4) is 0 Å². The topological polar surface area (TPSA) is 87.2 Å². The lowest BCUT2D eigenvalue weighted by Crippen LogP contribution is -2.15. The third kappa shape index (κ3) is 3.78. The van der Waals surface area contributed by atoms with Crippen molar-refractivity contribution >= 4 is 33.3 Å². The van der Waals surface area contributed by atoms with Crippen molar-refractivity contribution in [2.24, 2.45) is 0 Å². The number of halogens is 1. The average Bonchev–Trinajstić information content (AvgIpc) is 3.16. The van der Waals surface area contributed by atoms with E-state index >= 15 is 0 Å². The molecule has 0 bridgehead atoms. The summed E-state index contributed by atoms with van der Waals surface area (Å²) in [5.41, 5.74) is 1.87. The molecule has 0 N–H and O–H groups in total. The minimum atomic E-state index is -0.136. The van der Waals surface area contributed by atoms with Crippen LogP contribution in [0.5, 0.6) is 5.75 Å². The van der Waals surface area contributed by atoms with Gasteiger partial charge in [0.15, 0.2) is 0 Å². The van der Waals surface area contributed by atoms with Gasteiger partial charge in [-0.3, -0.25) is 9.20 Å². The highest BCUT2D eigenvalue weighted by atomic mass is 79.9. The Morgan fingerprint density at radius 2 is 2.07 bits per heavy atom. The highest BCUT2D eigenvalue weighted by Crippen LogP contribution is 2.27. The van der Waals surface area contributed by atoms with Crippen LogP contribution in [-0.4, -0.2) is 36.2 Å². The Hall–Kier alpha value is -2.72. The van der Waals surface area contributed by atoms with Crippen LogP contribution in [0.4, 0.5) is 0 Å². The number of fused-ring (bicyclic) bond motifs is 1. The third-order valence-corrected chi connectivity index (χ3v) is 5.28. The van der Waals surface area contributed by atoms with E-state index in [1.165, 1.54) is 22.2 Å². The predicted octanol–water partition coefficient (Wildman–Crippen LogP) is 3.12. The Balaban J connectivity index is 1.61. The molecule has 4 rings (SSSR count). The lowest BCUT2D eigenvalue weighted by atomic mass is 10.3. The molecule has 1 aromatic carbocycles. The first-order chi connectivity index (χ1) is 13.7. The zero-order chi connectivity index (χ0) is 19.5. The van der Waals surface area contributed by atoms with Crippen molar-refractivity contribution in [1.82, 2.24) is 29.6 Å². The lowest BCUT2D eigenvalue weighted by molar-refractivity contribution is 0.337. The zero-order valence-corrected chi connectivity index (χ0v) is 17.2. The number of thioether (sulfide) groups is 1. The Bertz CT molecular complexity index is 1190. The van der Waals surface area contributed by atoms with Crippen LogP contribution < -0.4 is 10.3 Å². The molecular weight excluding hydrogens is 444 g/mol. The maximum Gasteiger partial charge on any atom is 0.258 e. The van der Waals surface area contributed by atoms with Gasteiger partial charge in [0.1, 0.15) is 17.1 Å². The van der Waals surface area contributed by atoms with Gasteiger partial charge in [-0.1, -0.05) is 23.9 Å². The lowest BCUT2D eigenvalue weighted by Gasteiger charge is -2.10. The fourth-order valence-corrected chi connectivity index (χ4v) is 3.78. The van der Waals surface area contributed by atoms with E-state index in [9.17, 15) is 4.79 Å². The van der Waals surface area contributed by atoms with Crippen molar-refractivity contribution in [3.8, 4) is 11.4 Å². The first-order valence-electron chi connectivity index (χ1n) is 8.47. The molecule has 3 aromatic heterocycles. The molecule has 0 aliphatic carbocycles. The predicted molar refractivity (Wildman–Crippen MR) is 109 cm³/mol. The Morgan fingerprint density at radius 3 is 2.93 bits per heavy atom. The first kappa shape index (κ1) is 18.6. The summed E-state index contributed by atoms with van der Waals surface area (Å²) in [5, 5.41) is 12.6. The molecule has 0 fully saturated rings. The molecule has 0 aliphatic rings. The molecule has 0 saturated heterocycles. The summed E-state index contributed by atoms with van der Waals surface area (Å²) in [5.74, 6) is 1.16. The van der Waals surface area contributed by atoms with Gasteiger partial charge in [0.2, 0.25) is 5.16 Å². The molecule has 4 aromatic rings. The number of hydrogen-bond acceptors (Lipinski definition) is 7. The summed E-state index contributed by atoms with van der Waals surface area (Å²) >= 11 is 4.76. The second kappa shape index (κ2) is 8.11. The Morgan fingerprint density at radius 1 is 1.21 bits per heavy atom. The average molecular weight is 459 g/mol. The quantitative estimate of drug-likeness (QED) is 0.410. The molecule has 0 aliphatic heterocycles. The second-order valence-corrected chi connectivity index (χ2v) is 7.58. The summed E-state index contributed by atoms with van der Waals surface area (Å²) in [4.78, 5) is 16.9. The second-order valence-electron chi connectivity index (χ2n) is 5.72. The van der Waals surface area contributed by atoms with Crippen LogP contribution in [0.25, 0.3) is 11.3 Å². The number of hydrogen-bond donors (Lipinski definition) is 0. The monoisotopic (exact) mass is 458 g/mol. The van der Waals surface area contributed by atoms with Gasteiger partial charge in [-0.25, -0.2) is 4.98 Å². The number of benzene rings is 1. The fourth-order valence-electron chi connectivity index (χ4n) is 2.67. The number of rotatable bonds is 6. The van der Waals surface area contributed by atoms with E-state index in [0.29, 0.717) is 34.6 Å². The van der Waals surface area contributed by atoms with Crippen LogP contribution in [0, 0.1) is 0 Å². The van der Waals surface area contributed by atoms with Crippen LogP contribution >= 0.6 is 27.7 Å². The molecule has 0 saturated carbocycles. The molecule has 0 amide bonds. The summed E-state index contributed by atoms with van der Waals surface area (Å²) in [6, 6.07) is 12.7. The van der Waals surface area contributed by atoms with Gasteiger partial charge >= 0.3 is 0 Å². The van der Waals surface area contributed by atoms with Gasteiger partial charge in [-0.15, -0.1) is 5.10 Å². The van der Waals surface area contributed by atoms with Gasteiger partial charge in [-0.2, -0.15) is 4.68 Å². The van der Waals surface area contributed by atoms with Crippen molar-refractivity contribution < 1.29 is 4.74 Å². The maximum absolute atomic E-state index is 12.3. The van der Waals surface area contributed by atoms with Crippen molar-refractivity contribution in [2.75, 3.05) is 6.61 Å². The Labute approximate surface area is 172 Å². The standard InChI is InChI=1S/C18H15BrN6O2S/c1-2-27-15-6-4-3-5-14(15)25-18(21-22-23-25)28-11-13-9-17(26)24-10-12(19)7-8-16(24)20-13/h3-10H,2,11H2,1H3. The van der Waals surface area contributed by atoms with E-state index in [0.717, 1.165) is 10.2 Å². The van der Waals surface area contributed by atoms with Gasteiger partial charge in [-0.05, 0) is 57.5 Å². The fraction of sp³-hybridized carbons (Fsp3) is 0.167. The maximum atomic E-state index is 12.3. The van der Waals surface area contributed by atoms with E-state index in [4.69, 9.17) is 4.74 Å². The molecule has 8 nitrogen and oxygen atoms in total. The molecule has 10 heteroatoms. The molecular formula is C18H15BrN6O2S. The number of para-hydroxylation sites is 2. The van der Waals surface area contributed by atoms with Gasteiger partial charge in [0, 0.05) is 22.5 Å². The van der Waals surface area contributed by atoms with E-state index in [1.807, 2.05) is 37.3 Å². The SMILES string of the molecule is CCOc1ccccc1-n1nnnc1SCc1cc(=O)n2cc(Br)ccc2n1. The molecule has 0 atom stereocenters. The number of nitrogens with zero attached hydrogens (tertiary/aromatic N) is 6. The number of ether oxygens (including phenoxy) is 1. The van der Waals surface area contributed by atoms with Crippen molar-refractivity contribution in [2.45, 2.75) is 17.8 Å². The van der Waals surface area contributed by atoms with Gasteiger partial charge in [0.05, 0.1) is 12.3 Å². The van der Waals surface area contributed by atoms with E-state index in [-0.39, 0.29) is 5.56 Å². The number of pyridine rings is 1. The molecule has 0 unspecified atom stereocenters. The third-order valence-electron chi connectivity index (χ3n) is 3.86. The number of aromatic nitrogens is 6. The summed E-state index contributed by atoms with van der Waals surface area (Å²) in [6.07, 6.45) is 1.70. The molecule has 0 spiro atoms. The molecule has 3 heterocycles. The van der Waals surface area contributed by atoms with Gasteiger partial charge < -0.3 is 4.74 Å². The summed E-state index contributed by atoms with van der Waals surface area (Å²) in [6.45, 7) is 2.47. The zero-order valence-electron chi connectivity index (χ0n) is 14.8. The van der Waals surface area contributed by atoms with Gasteiger partial charge in [0.25, 0.3) is 5.56 Å². The van der Waals surface area contributed by atoms with Crippen LogP contribution in [0.2, 0.25) is 0 Å². The summed E-state index contributed by atoms with van der Waals surface area (Å²) < 4.78 is 9.61. The van der Waals surface area contributed by atoms with Crippen LogP contribution in [0.1, 0.15) is 12.6 Å². The number of tetrazole rings is 1. The van der Waals surface area contributed by atoms with Crippen molar-refractivity contribution in [3.63, 3.8) is 0 Å². The van der Waals surface area contributed by atoms with E-state index in [2.05, 4.69) is 36.4 Å². The van der Waals surface area contributed by atoms with E-state index in [1.54, 1.807) is 16.9 Å². The highest BCUT2D eigenvalue weighted by Gasteiger charge is 2.14. The normalized spacial score (nSPS) is 11.1. The van der Waals surface area contributed by atoms with Crippen molar-refractivity contribution in [3.05, 3.63) is 69.2 Å². The minimum Gasteiger partial charge on any atom is -0.492 e. The van der Waals surface area contributed by atoms with Crippen LogP contribution in [-0.2, 0) is 5.75 Å². The molecule has 142 valence electrons. The minimum absolute atomic E-state index is 0.136. The molecule has 0 radical (unpaired) electrons. The van der Waals surface area contributed by atoms with Crippen LogP contribution in [0.15, 0.2) is 63.1 Å². The summed E-state index contributed by atoms with van der Waals surface area (Å²) in [7, 11) is 0. The van der Waals surface area contributed by atoms with E-state index < -0.39 is 0 Å². The smallest absolute Gasteiger partial charge is 0.258 e.